The first-order chi connectivity index (χ1) is 10.8. The molecule has 0 radical (unpaired) electrons. The van der Waals surface area contributed by atoms with Gasteiger partial charge in [-0.2, -0.15) is 5.10 Å². The Labute approximate surface area is 127 Å². The van der Waals surface area contributed by atoms with Gasteiger partial charge < -0.3 is 4.98 Å². The summed E-state index contributed by atoms with van der Waals surface area (Å²) < 4.78 is 15.2. The number of hydrogen-bond donors (Lipinski definition) is 1. The minimum atomic E-state index is -0.234. The Hall–Kier alpha value is -2.88. The SMILES string of the molecule is Fc1ccc(C(c2c[nH]c3ccccc23)n2cccn2)cc1. The lowest BCUT2D eigenvalue weighted by molar-refractivity contribution is 0.592. The smallest absolute Gasteiger partial charge is 0.123 e. The number of rotatable bonds is 3. The molecule has 0 fully saturated rings. The van der Waals surface area contributed by atoms with Crippen molar-refractivity contribution >= 4 is 10.9 Å². The number of benzene rings is 2. The van der Waals surface area contributed by atoms with Gasteiger partial charge >= 0.3 is 0 Å². The number of halogens is 1. The summed E-state index contributed by atoms with van der Waals surface area (Å²) in [4.78, 5) is 3.30. The zero-order valence-corrected chi connectivity index (χ0v) is 11.8. The van der Waals surface area contributed by atoms with Crippen molar-refractivity contribution < 1.29 is 4.39 Å². The zero-order chi connectivity index (χ0) is 14.9. The van der Waals surface area contributed by atoms with Gasteiger partial charge in [-0.25, -0.2) is 4.39 Å². The van der Waals surface area contributed by atoms with E-state index in [9.17, 15) is 4.39 Å². The van der Waals surface area contributed by atoms with Crippen LogP contribution in [-0.4, -0.2) is 14.8 Å². The first-order valence-corrected chi connectivity index (χ1v) is 7.13. The number of nitrogens with zero attached hydrogens (tertiary/aromatic N) is 2. The maximum absolute atomic E-state index is 13.3. The van der Waals surface area contributed by atoms with Crippen LogP contribution in [0, 0.1) is 5.82 Å². The Bertz CT molecular complexity index is 892. The minimum Gasteiger partial charge on any atom is -0.361 e. The predicted molar refractivity (Wildman–Crippen MR) is 84.2 cm³/mol. The topological polar surface area (TPSA) is 33.6 Å². The number of para-hydroxylation sites is 1. The summed E-state index contributed by atoms with van der Waals surface area (Å²) in [5.74, 6) is -0.234. The van der Waals surface area contributed by atoms with E-state index in [1.54, 1.807) is 6.20 Å². The van der Waals surface area contributed by atoms with Crippen molar-refractivity contribution in [2.75, 3.05) is 0 Å². The van der Waals surface area contributed by atoms with Crippen LogP contribution < -0.4 is 0 Å². The summed E-state index contributed by atoms with van der Waals surface area (Å²) in [6.45, 7) is 0. The highest BCUT2D eigenvalue weighted by atomic mass is 19.1. The number of aromatic nitrogens is 3. The lowest BCUT2D eigenvalue weighted by Crippen LogP contribution is -2.12. The number of fused-ring (bicyclic) bond motifs is 1. The van der Waals surface area contributed by atoms with E-state index in [4.69, 9.17) is 0 Å². The molecule has 3 nitrogen and oxygen atoms in total. The highest BCUT2D eigenvalue weighted by Gasteiger charge is 2.20. The van der Waals surface area contributed by atoms with Crippen LogP contribution in [-0.2, 0) is 0 Å². The van der Waals surface area contributed by atoms with E-state index in [1.165, 1.54) is 12.1 Å². The summed E-state index contributed by atoms with van der Waals surface area (Å²) in [7, 11) is 0. The van der Waals surface area contributed by atoms with Crippen molar-refractivity contribution in [3.63, 3.8) is 0 Å². The molecule has 0 saturated carbocycles. The average Bonchev–Trinajstić information content (AvgIpc) is 3.20. The van der Waals surface area contributed by atoms with Crippen LogP contribution in [0.15, 0.2) is 73.2 Å². The van der Waals surface area contributed by atoms with Gasteiger partial charge in [-0.3, -0.25) is 4.68 Å². The quantitative estimate of drug-likeness (QED) is 0.604. The van der Waals surface area contributed by atoms with Crippen LogP contribution in [0.1, 0.15) is 17.2 Å². The van der Waals surface area contributed by atoms with E-state index in [0.717, 1.165) is 22.0 Å². The standard InChI is InChI=1S/C18H14FN3/c19-14-8-6-13(7-9-14)18(22-11-3-10-21-22)16-12-20-17-5-2-1-4-15(16)17/h1-12,18,20H. The highest BCUT2D eigenvalue weighted by Crippen LogP contribution is 2.31. The fraction of sp³-hybridized carbons (Fsp3) is 0.0556. The van der Waals surface area contributed by atoms with Crippen molar-refractivity contribution in [2.45, 2.75) is 6.04 Å². The lowest BCUT2D eigenvalue weighted by Gasteiger charge is -2.18. The molecule has 108 valence electrons. The molecule has 1 unspecified atom stereocenters. The molecular weight excluding hydrogens is 277 g/mol. The first kappa shape index (κ1) is 12.8. The van der Waals surface area contributed by atoms with Gasteiger partial charge in [0.15, 0.2) is 0 Å². The second-order valence-electron chi connectivity index (χ2n) is 5.23. The van der Waals surface area contributed by atoms with Crippen LogP contribution in [0.3, 0.4) is 0 Å². The Balaban J connectivity index is 1.93. The Morgan fingerprint density at radius 1 is 1.00 bits per heavy atom. The average molecular weight is 291 g/mol. The number of aromatic amines is 1. The molecule has 0 aliphatic heterocycles. The van der Waals surface area contributed by atoms with Gasteiger partial charge in [0.2, 0.25) is 0 Å². The number of nitrogens with one attached hydrogen (secondary N) is 1. The molecule has 4 rings (SSSR count). The molecule has 0 aliphatic rings. The van der Waals surface area contributed by atoms with E-state index in [2.05, 4.69) is 16.1 Å². The summed E-state index contributed by atoms with van der Waals surface area (Å²) in [6, 6.07) is 16.5. The van der Waals surface area contributed by atoms with Crippen molar-refractivity contribution in [3.05, 3.63) is 90.1 Å². The summed E-state index contributed by atoms with van der Waals surface area (Å²) in [6.07, 6.45) is 5.68. The second kappa shape index (κ2) is 5.15. The fourth-order valence-corrected chi connectivity index (χ4v) is 2.87. The van der Waals surface area contributed by atoms with E-state index in [1.807, 2.05) is 53.5 Å². The Kier molecular flexibility index (Phi) is 3.00. The van der Waals surface area contributed by atoms with Crippen LogP contribution in [0.5, 0.6) is 0 Å². The molecule has 2 heterocycles. The third-order valence-corrected chi connectivity index (χ3v) is 3.89. The largest absolute Gasteiger partial charge is 0.361 e. The molecule has 2 aromatic carbocycles. The molecular formula is C18H14FN3. The van der Waals surface area contributed by atoms with Gasteiger partial charge in [0.1, 0.15) is 11.9 Å². The zero-order valence-electron chi connectivity index (χ0n) is 11.8. The molecule has 1 N–H and O–H groups in total. The molecule has 0 saturated heterocycles. The second-order valence-corrected chi connectivity index (χ2v) is 5.23. The first-order valence-electron chi connectivity index (χ1n) is 7.13. The van der Waals surface area contributed by atoms with Crippen molar-refractivity contribution in [3.8, 4) is 0 Å². The highest BCUT2D eigenvalue weighted by molar-refractivity contribution is 5.84. The van der Waals surface area contributed by atoms with Gasteiger partial charge in [0, 0.05) is 35.1 Å². The normalized spacial score (nSPS) is 12.6. The summed E-state index contributed by atoms with van der Waals surface area (Å²) in [5.41, 5.74) is 3.19. The molecule has 22 heavy (non-hydrogen) atoms. The maximum Gasteiger partial charge on any atom is 0.123 e. The molecule has 1 atom stereocenters. The Morgan fingerprint density at radius 2 is 1.82 bits per heavy atom. The van der Waals surface area contributed by atoms with Gasteiger partial charge in [0.25, 0.3) is 0 Å². The third kappa shape index (κ3) is 2.09. The van der Waals surface area contributed by atoms with E-state index in [0.29, 0.717) is 0 Å². The van der Waals surface area contributed by atoms with Gasteiger partial charge in [-0.05, 0) is 29.8 Å². The molecule has 0 amide bonds. The molecule has 2 aromatic heterocycles. The molecule has 0 spiro atoms. The monoisotopic (exact) mass is 291 g/mol. The van der Waals surface area contributed by atoms with Crippen molar-refractivity contribution in [2.24, 2.45) is 0 Å². The van der Waals surface area contributed by atoms with Crippen LogP contribution >= 0.6 is 0 Å². The van der Waals surface area contributed by atoms with Crippen LogP contribution in [0.25, 0.3) is 10.9 Å². The fourth-order valence-electron chi connectivity index (χ4n) is 2.87. The van der Waals surface area contributed by atoms with E-state index >= 15 is 0 Å². The molecule has 4 heteroatoms. The molecule has 4 aromatic rings. The van der Waals surface area contributed by atoms with Crippen LogP contribution in [0.2, 0.25) is 0 Å². The summed E-state index contributed by atoms with van der Waals surface area (Å²) in [5, 5.41) is 5.53. The lowest BCUT2D eigenvalue weighted by atomic mass is 9.98. The van der Waals surface area contributed by atoms with E-state index < -0.39 is 0 Å². The predicted octanol–water partition coefficient (Wildman–Crippen LogP) is 4.14. The number of hydrogen-bond acceptors (Lipinski definition) is 1. The van der Waals surface area contributed by atoms with Crippen molar-refractivity contribution in [1.29, 1.82) is 0 Å². The van der Waals surface area contributed by atoms with Crippen molar-refractivity contribution in [1.82, 2.24) is 14.8 Å². The molecule has 0 aliphatic carbocycles. The van der Waals surface area contributed by atoms with Gasteiger partial charge in [0.05, 0.1) is 0 Å². The van der Waals surface area contributed by atoms with E-state index in [-0.39, 0.29) is 11.9 Å². The minimum absolute atomic E-state index is 0.0910. The summed E-state index contributed by atoms with van der Waals surface area (Å²) >= 11 is 0. The van der Waals surface area contributed by atoms with Gasteiger partial charge in [-0.15, -0.1) is 0 Å². The third-order valence-electron chi connectivity index (χ3n) is 3.89. The van der Waals surface area contributed by atoms with Crippen LogP contribution in [0.4, 0.5) is 4.39 Å². The van der Waals surface area contributed by atoms with Gasteiger partial charge in [-0.1, -0.05) is 30.3 Å². The Morgan fingerprint density at radius 3 is 2.59 bits per heavy atom. The molecule has 0 bridgehead atoms. The maximum atomic E-state index is 13.3. The number of H-pyrrole nitrogens is 1.